The number of hydrogen-bond acceptors (Lipinski definition) is 8. The van der Waals surface area contributed by atoms with Gasteiger partial charge in [-0.15, -0.1) is 11.3 Å². The molecule has 3 heterocycles. The molecule has 1 aliphatic heterocycles. The van der Waals surface area contributed by atoms with Crippen molar-refractivity contribution < 1.29 is 9.90 Å². The second kappa shape index (κ2) is 11.3. The SMILES string of the molecule is CCCc1cc(N2CCC(NCC(O)c3ccc(CNC)cc3)CC2)nc2sc(C(N)=O)c(N)c12. The molecule has 0 spiro atoms. The number of aliphatic hydroxyl groups is 1. The molecule has 0 aliphatic carbocycles. The summed E-state index contributed by atoms with van der Waals surface area (Å²) >= 11 is 1.28. The smallest absolute Gasteiger partial charge is 0.260 e. The Bertz CT molecular complexity index is 1150. The van der Waals surface area contributed by atoms with Crippen LogP contribution in [0.2, 0.25) is 0 Å². The second-order valence-electron chi connectivity index (χ2n) is 9.24. The largest absolute Gasteiger partial charge is 0.397 e. The Morgan fingerprint density at radius 2 is 2.00 bits per heavy atom. The van der Waals surface area contributed by atoms with Gasteiger partial charge in [0.05, 0.1) is 11.8 Å². The van der Waals surface area contributed by atoms with Gasteiger partial charge in [-0.2, -0.15) is 0 Å². The van der Waals surface area contributed by atoms with Crippen molar-refractivity contribution in [3.63, 3.8) is 0 Å². The van der Waals surface area contributed by atoms with E-state index in [1.807, 2.05) is 19.2 Å². The number of aryl methyl sites for hydroxylation is 1. The van der Waals surface area contributed by atoms with E-state index in [1.54, 1.807) is 0 Å². The van der Waals surface area contributed by atoms with Crippen molar-refractivity contribution in [3.8, 4) is 0 Å². The number of pyridine rings is 1. The molecule has 4 rings (SSSR count). The third kappa shape index (κ3) is 5.75. The van der Waals surface area contributed by atoms with Crippen LogP contribution in [-0.2, 0) is 13.0 Å². The summed E-state index contributed by atoms with van der Waals surface area (Å²) in [6.07, 6.45) is 3.26. The lowest BCUT2D eigenvalue weighted by Gasteiger charge is -2.34. The molecule has 1 aromatic carbocycles. The summed E-state index contributed by atoms with van der Waals surface area (Å²) < 4.78 is 0. The highest BCUT2D eigenvalue weighted by Crippen LogP contribution is 2.37. The number of nitrogens with one attached hydrogen (secondary N) is 2. The van der Waals surface area contributed by atoms with E-state index in [1.165, 1.54) is 16.9 Å². The Morgan fingerprint density at radius 1 is 1.29 bits per heavy atom. The standard InChI is InChI=1S/C26H36N6O2S/c1-3-4-18-13-21(31-26-22(18)23(27)24(35-26)25(28)34)32-11-9-19(10-12-32)30-15-20(33)17-7-5-16(6-8-17)14-29-2/h5-8,13,19-20,29-30,33H,3-4,9-12,14-15,27H2,1-2H3,(H2,28,34). The molecule has 8 nitrogen and oxygen atoms in total. The number of anilines is 2. The fourth-order valence-corrected chi connectivity index (χ4v) is 5.76. The van der Waals surface area contributed by atoms with E-state index < -0.39 is 12.0 Å². The number of aliphatic hydroxyl groups excluding tert-OH is 1. The maximum absolute atomic E-state index is 11.8. The number of nitrogen functional groups attached to an aromatic ring is 1. The van der Waals surface area contributed by atoms with Gasteiger partial charge in [0.1, 0.15) is 15.5 Å². The molecule has 9 heteroatoms. The monoisotopic (exact) mass is 496 g/mol. The number of nitrogens with two attached hydrogens (primary N) is 2. The van der Waals surface area contributed by atoms with Crippen LogP contribution in [-0.4, -0.2) is 48.7 Å². The van der Waals surface area contributed by atoms with Gasteiger partial charge in [-0.1, -0.05) is 37.6 Å². The van der Waals surface area contributed by atoms with Crippen LogP contribution in [0.1, 0.15) is 58.7 Å². The van der Waals surface area contributed by atoms with Crippen LogP contribution in [0.3, 0.4) is 0 Å². The highest BCUT2D eigenvalue weighted by molar-refractivity contribution is 7.21. The third-order valence-electron chi connectivity index (χ3n) is 6.67. The Labute approximate surface area is 210 Å². The molecule has 0 radical (unpaired) electrons. The van der Waals surface area contributed by atoms with Crippen LogP contribution in [0.25, 0.3) is 10.2 Å². The van der Waals surface area contributed by atoms with E-state index in [0.29, 0.717) is 23.2 Å². The van der Waals surface area contributed by atoms with Gasteiger partial charge < -0.3 is 32.1 Å². The van der Waals surface area contributed by atoms with Crippen LogP contribution in [0, 0.1) is 0 Å². The normalized spacial score (nSPS) is 15.6. The van der Waals surface area contributed by atoms with Gasteiger partial charge in [0.2, 0.25) is 0 Å². The van der Waals surface area contributed by atoms with Crippen molar-refractivity contribution in [2.75, 3.05) is 37.3 Å². The number of amides is 1. The van der Waals surface area contributed by atoms with Gasteiger partial charge in [0, 0.05) is 37.6 Å². The fraction of sp³-hybridized carbons (Fsp3) is 0.462. The van der Waals surface area contributed by atoms with Crippen molar-refractivity contribution in [3.05, 3.63) is 51.9 Å². The molecule has 1 atom stereocenters. The molecule has 3 aromatic rings. The number of aromatic nitrogens is 1. The van der Waals surface area contributed by atoms with Crippen LogP contribution < -0.4 is 27.0 Å². The summed E-state index contributed by atoms with van der Waals surface area (Å²) in [5.74, 6) is 0.427. The first kappa shape index (κ1) is 25.4. The summed E-state index contributed by atoms with van der Waals surface area (Å²) in [5, 5.41) is 18.2. The predicted octanol–water partition coefficient (Wildman–Crippen LogP) is 2.94. The molecule has 1 saturated heterocycles. The first-order valence-electron chi connectivity index (χ1n) is 12.3. The quantitative estimate of drug-likeness (QED) is 0.292. The zero-order chi connectivity index (χ0) is 24.9. The lowest BCUT2D eigenvalue weighted by molar-refractivity contribution is 0.100. The fourth-order valence-electron chi connectivity index (χ4n) is 4.77. The average Bonchev–Trinajstić information content (AvgIpc) is 3.20. The molecule has 2 aromatic heterocycles. The molecule has 1 unspecified atom stereocenters. The molecule has 1 amide bonds. The zero-order valence-corrected chi connectivity index (χ0v) is 21.3. The lowest BCUT2D eigenvalue weighted by atomic mass is 10.0. The number of piperidine rings is 1. The molecule has 0 saturated carbocycles. The number of rotatable bonds is 10. The number of fused-ring (bicyclic) bond motifs is 1. The first-order chi connectivity index (χ1) is 16.9. The molecular weight excluding hydrogens is 460 g/mol. The molecular formula is C26H36N6O2S. The molecule has 0 bridgehead atoms. The van der Waals surface area contributed by atoms with Gasteiger partial charge in [0.15, 0.2) is 0 Å². The van der Waals surface area contributed by atoms with Crippen molar-refractivity contribution in [1.82, 2.24) is 15.6 Å². The second-order valence-corrected chi connectivity index (χ2v) is 10.2. The number of hydrogen-bond donors (Lipinski definition) is 5. The average molecular weight is 497 g/mol. The van der Waals surface area contributed by atoms with Crippen molar-refractivity contribution in [2.45, 2.75) is 51.3 Å². The van der Waals surface area contributed by atoms with Gasteiger partial charge in [-0.3, -0.25) is 4.79 Å². The topological polar surface area (TPSA) is 130 Å². The van der Waals surface area contributed by atoms with Gasteiger partial charge in [0.25, 0.3) is 5.91 Å². The number of primary amides is 1. The molecule has 35 heavy (non-hydrogen) atoms. The van der Waals surface area contributed by atoms with Gasteiger partial charge in [-0.25, -0.2) is 4.98 Å². The Balaban J connectivity index is 1.38. The predicted molar refractivity (Wildman–Crippen MR) is 144 cm³/mol. The van der Waals surface area contributed by atoms with E-state index >= 15 is 0 Å². The molecule has 7 N–H and O–H groups in total. The highest BCUT2D eigenvalue weighted by Gasteiger charge is 2.24. The maximum atomic E-state index is 11.8. The van der Waals surface area contributed by atoms with E-state index in [9.17, 15) is 9.90 Å². The van der Waals surface area contributed by atoms with Crippen LogP contribution >= 0.6 is 11.3 Å². The Morgan fingerprint density at radius 3 is 2.63 bits per heavy atom. The maximum Gasteiger partial charge on any atom is 0.260 e. The minimum Gasteiger partial charge on any atom is -0.397 e. The van der Waals surface area contributed by atoms with Gasteiger partial charge in [-0.05, 0) is 49.1 Å². The number of carbonyl (C=O) groups excluding carboxylic acids is 1. The van der Waals surface area contributed by atoms with E-state index in [4.69, 9.17) is 16.5 Å². The minimum absolute atomic E-state index is 0.349. The summed E-state index contributed by atoms with van der Waals surface area (Å²) in [6.45, 7) is 5.23. The highest BCUT2D eigenvalue weighted by atomic mass is 32.1. The number of thiophene rings is 1. The van der Waals surface area contributed by atoms with E-state index in [0.717, 1.165) is 72.5 Å². The van der Waals surface area contributed by atoms with E-state index in [-0.39, 0.29) is 0 Å². The minimum atomic E-state index is -0.527. The number of nitrogens with zero attached hydrogens (tertiary/aromatic N) is 2. The first-order valence-corrected chi connectivity index (χ1v) is 13.1. The number of benzene rings is 1. The molecule has 1 fully saturated rings. The summed E-state index contributed by atoms with van der Waals surface area (Å²) in [7, 11) is 1.92. The summed E-state index contributed by atoms with van der Waals surface area (Å²) in [4.78, 5) is 20.1. The summed E-state index contributed by atoms with van der Waals surface area (Å²) in [5.41, 5.74) is 15.5. The van der Waals surface area contributed by atoms with Crippen molar-refractivity contribution >= 4 is 39.0 Å². The number of carbonyl (C=O) groups is 1. The third-order valence-corrected chi connectivity index (χ3v) is 7.79. The van der Waals surface area contributed by atoms with Gasteiger partial charge >= 0.3 is 0 Å². The zero-order valence-electron chi connectivity index (χ0n) is 20.5. The van der Waals surface area contributed by atoms with Crippen LogP contribution in [0.4, 0.5) is 11.5 Å². The van der Waals surface area contributed by atoms with Crippen LogP contribution in [0.15, 0.2) is 30.3 Å². The van der Waals surface area contributed by atoms with Crippen molar-refractivity contribution in [1.29, 1.82) is 0 Å². The van der Waals surface area contributed by atoms with Crippen LogP contribution in [0.5, 0.6) is 0 Å². The Hall–Kier alpha value is -2.72. The lowest BCUT2D eigenvalue weighted by Crippen LogP contribution is -2.44. The van der Waals surface area contributed by atoms with E-state index in [2.05, 4.69) is 40.7 Å². The summed E-state index contributed by atoms with van der Waals surface area (Å²) in [6, 6.07) is 10.6. The van der Waals surface area contributed by atoms with Crippen molar-refractivity contribution in [2.24, 2.45) is 5.73 Å². The molecule has 1 aliphatic rings. The Kier molecular flexibility index (Phi) is 8.22. The molecule has 188 valence electrons.